The predicted molar refractivity (Wildman–Crippen MR) is 64.4 cm³/mol. The molecule has 5 heteroatoms. The molecule has 1 rings (SSSR count). The van der Waals surface area contributed by atoms with Gasteiger partial charge in [0.2, 0.25) is 0 Å². The van der Waals surface area contributed by atoms with E-state index in [2.05, 4.69) is 20.7 Å². The SMILES string of the molecule is COC(=O)[C@@H](N)Cc1ccc(Br)cc1OC. The average molecular weight is 288 g/mol. The Morgan fingerprint density at radius 3 is 2.75 bits per heavy atom. The van der Waals surface area contributed by atoms with Crippen LogP contribution in [0.25, 0.3) is 0 Å². The van der Waals surface area contributed by atoms with Gasteiger partial charge in [0.15, 0.2) is 0 Å². The molecular weight excluding hydrogens is 274 g/mol. The second-order valence-corrected chi connectivity index (χ2v) is 4.21. The Labute approximate surface area is 103 Å². The summed E-state index contributed by atoms with van der Waals surface area (Å²) in [5.41, 5.74) is 6.56. The monoisotopic (exact) mass is 287 g/mol. The second-order valence-electron chi connectivity index (χ2n) is 3.29. The fourth-order valence-electron chi connectivity index (χ4n) is 1.36. The molecule has 0 unspecified atom stereocenters. The van der Waals surface area contributed by atoms with Crippen LogP contribution in [0.1, 0.15) is 5.56 Å². The number of ether oxygens (including phenoxy) is 2. The number of benzene rings is 1. The van der Waals surface area contributed by atoms with E-state index in [9.17, 15) is 4.79 Å². The van der Waals surface area contributed by atoms with Crippen molar-refractivity contribution in [1.82, 2.24) is 0 Å². The van der Waals surface area contributed by atoms with E-state index < -0.39 is 12.0 Å². The van der Waals surface area contributed by atoms with E-state index in [0.717, 1.165) is 10.0 Å². The molecule has 0 aromatic heterocycles. The topological polar surface area (TPSA) is 61.5 Å². The van der Waals surface area contributed by atoms with Crippen molar-refractivity contribution < 1.29 is 14.3 Å². The van der Waals surface area contributed by atoms with E-state index in [4.69, 9.17) is 10.5 Å². The van der Waals surface area contributed by atoms with Gasteiger partial charge in [0.25, 0.3) is 0 Å². The second kappa shape index (κ2) is 5.86. The number of rotatable bonds is 4. The summed E-state index contributed by atoms with van der Waals surface area (Å²) in [4.78, 5) is 11.2. The van der Waals surface area contributed by atoms with Crippen LogP contribution in [0.15, 0.2) is 22.7 Å². The molecule has 2 N–H and O–H groups in total. The normalized spacial score (nSPS) is 12.0. The van der Waals surface area contributed by atoms with E-state index in [1.54, 1.807) is 7.11 Å². The molecule has 0 spiro atoms. The van der Waals surface area contributed by atoms with Gasteiger partial charge in [-0.2, -0.15) is 0 Å². The summed E-state index contributed by atoms with van der Waals surface area (Å²) in [5.74, 6) is 0.277. The van der Waals surface area contributed by atoms with Crippen LogP contribution >= 0.6 is 15.9 Å². The van der Waals surface area contributed by atoms with Gasteiger partial charge < -0.3 is 15.2 Å². The van der Waals surface area contributed by atoms with Gasteiger partial charge in [-0.3, -0.25) is 4.79 Å². The molecule has 1 aromatic rings. The van der Waals surface area contributed by atoms with Crippen LogP contribution in [-0.4, -0.2) is 26.2 Å². The van der Waals surface area contributed by atoms with E-state index in [0.29, 0.717) is 12.2 Å². The minimum absolute atomic E-state index is 0.392. The standard InChI is InChI=1S/C11H14BrNO3/c1-15-10-6-8(12)4-3-7(10)5-9(13)11(14)16-2/h3-4,6,9H,5,13H2,1-2H3/t9-/m0/s1. The summed E-state index contributed by atoms with van der Waals surface area (Å²) in [5, 5.41) is 0. The molecule has 1 aromatic carbocycles. The van der Waals surface area contributed by atoms with Crippen LogP contribution in [0.2, 0.25) is 0 Å². The van der Waals surface area contributed by atoms with Crippen LogP contribution in [0, 0.1) is 0 Å². The first-order chi connectivity index (χ1) is 7.58. The molecule has 4 nitrogen and oxygen atoms in total. The summed E-state index contributed by atoms with van der Waals surface area (Å²) in [7, 11) is 2.90. The first-order valence-electron chi connectivity index (χ1n) is 4.74. The Morgan fingerprint density at radius 2 is 2.19 bits per heavy atom. The maximum Gasteiger partial charge on any atom is 0.322 e. The van der Waals surface area contributed by atoms with Crippen molar-refractivity contribution in [3.05, 3.63) is 28.2 Å². The third kappa shape index (κ3) is 3.21. The Bertz CT molecular complexity index is 381. The van der Waals surface area contributed by atoms with Crippen LogP contribution < -0.4 is 10.5 Å². The van der Waals surface area contributed by atoms with Crippen LogP contribution in [0.4, 0.5) is 0 Å². The average Bonchev–Trinajstić information content (AvgIpc) is 2.30. The van der Waals surface area contributed by atoms with Gasteiger partial charge in [0.1, 0.15) is 11.8 Å². The molecule has 0 bridgehead atoms. The van der Waals surface area contributed by atoms with Crippen molar-refractivity contribution >= 4 is 21.9 Å². The Morgan fingerprint density at radius 1 is 1.50 bits per heavy atom. The highest BCUT2D eigenvalue weighted by atomic mass is 79.9. The molecule has 0 amide bonds. The molecule has 88 valence electrons. The van der Waals surface area contributed by atoms with Crippen LogP contribution in [-0.2, 0) is 16.0 Å². The van der Waals surface area contributed by atoms with Gasteiger partial charge >= 0.3 is 5.97 Å². The van der Waals surface area contributed by atoms with Gasteiger partial charge in [-0.15, -0.1) is 0 Å². The zero-order valence-corrected chi connectivity index (χ0v) is 10.8. The molecule has 0 aliphatic heterocycles. The summed E-state index contributed by atoms with van der Waals surface area (Å²) < 4.78 is 10.7. The van der Waals surface area contributed by atoms with Crippen molar-refractivity contribution in [2.24, 2.45) is 5.73 Å². The van der Waals surface area contributed by atoms with Crippen molar-refractivity contribution in [1.29, 1.82) is 0 Å². The Hall–Kier alpha value is -1.07. The zero-order valence-electron chi connectivity index (χ0n) is 9.20. The molecule has 0 heterocycles. The number of hydrogen-bond donors (Lipinski definition) is 1. The largest absolute Gasteiger partial charge is 0.496 e. The number of esters is 1. The quantitative estimate of drug-likeness (QED) is 0.853. The summed E-state index contributed by atoms with van der Waals surface area (Å²) in [6.07, 6.45) is 0.392. The van der Waals surface area contributed by atoms with Crippen molar-refractivity contribution in [3.8, 4) is 5.75 Å². The zero-order chi connectivity index (χ0) is 12.1. The Kier molecular flexibility index (Phi) is 4.76. The molecule has 0 saturated carbocycles. The Balaban J connectivity index is 2.84. The minimum atomic E-state index is -0.667. The summed E-state index contributed by atoms with van der Waals surface area (Å²) >= 11 is 3.34. The van der Waals surface area contributed by atoms with Gasteiger partial charge in [-0.25, -0.2) is 0 Å². The maximum absolute atomic E-state index is 11.2. The van der Waals surface area contributed by atoms with Gasteiger partial charge in [0.05, 0.1) is 14.2 Å². The first kappa shape index (κ1) is 13.0. The number of carbonyl (C=O) groups is 1. The molecular formula is C11H14BrNO3. The molecule has 0 saturated heterocycles. The molecule has 1 atom stereocenters. The van der Waals surface area contributed by atoms with Gasteiger partial charge in [-0.1, -0.05) is 22.0 Å². The highest BCUT2D eigenvalue weighted by Gasteiger charge is 2.16. The maximum atomic E-state index is 11.2. The molecule has 0 aliphatic rings. The van der Waals surface area contributed by atoms with Gasteiger partial charge in [-0.05, 0) is 17.7 Å². The van der Waals surface area contributed by atoms with E-state index in [1.807, 2.05) is 18.2 Å². The first-order valence-corrected chi connectivity index (χ1v) is 5.53. The van der Waals surface area contributed by atoms with Crippen LogP contribution in [0.3, 0.4) is 0 Å². The number of nitrogens with two attached hydrogens (primary N) is 1. The fraction of sp³-hybridized carbons (Fsp3) is 0.364. The highest BCUT2D eigenvalue weighted by Crippen LogP contribution is 2.24. The smallest absolute Gasteiger partial charge is 0.322 e. The third-order valence-electron chi connectivity index (χ3n) is 2.19. The van der Waals surface area contributed by atoms with Crippen LogP contribution in [0.5, 0.6) is 5.75 Å². The third-order valence-corrected chi connectivity index (χ3v) is 2.69. The molecule has 0 radical (unpaired) electrons. The lowest BCUT2D eigenvalue weighted by atomic mass is 10.1. The lowest BCUT2D eigenvalue weighted by molar-refractivity contribution is -0.142. The number of hydrogen-bond acceptors (Lipinski definition) is 4. The number of halogens is 1. The molecule has 0 aliphatic carbocycles. The fourth-order valence-corrected chi connectivity index (χ4v) is 1.70. The predicted octanol–water partition coefficient (Wildman–Crippen LogP) is 1.50. The number of carbonyl (C=O) groups excluding carboxylic acids is 1. The van der Waals surface area contributed by atoms with Crippen molar-refractivity contribution in [2.75, 3.05) is 14.2 Å². The minimum Gasteiger partial charge on any atom is -0.496 e. The van der Waals surface area contributed by atoms with Gasteiger partial charge in [0, 0.05) is 10.9 Å². The summed E-state index contributed by atoms with van der Waals surface area (Å²) in [6.45, 7) is 0. The van der Waals surface area contributed by atoms with Crippen molar-refractivity contribution in [3.63, 3.8) is 0 Å². The van der Waals surface area contributed by atoms with E-state index in [1.165, 1.54) is 7.11 Å². The van der Waals surface area contributed by atoms with E-state index >= 15 is 0 Å². The summed E-state index contributed by atoms with van der Waals surface area (Å²) in [6, 6.07) is 4.91. The highest BCUT2D eigenvalue weighted by molar-refractivity contribution is 9.10. The van der Waals surface area contributed by atoms with E-state index in [-0.39, 0.29) is 0 Å². The lowest BCUT2D eigenvalue weighted by Crippen LogP contribution is -2.33. The number of methoxy groups -OCH3 is 2. The molecule has 16 heavy (non-hydrogen) atoms. The van der Waals surface area contributed by atoms with Crippen molar-refractivity contribution in [2.45, 2.75) is 12.5 Å². The lowest BCUT2D eigenvalue weighted by Gasteiger charge is -2.12. The molecule has 0 fully saturated rings.